The Kier molecular flexibility index (Phi) is 3.35. The molecule has 0 aliphatic heterocycles. The fourth-order valence-electron chi connectivity index (χ4n) is 3.65. The van der Waals surface area contributed by atoms with Crippen molar-refractivity contribution in [1.29, 1.82) is 0 Å². The van der Waals surface area contributed by atoms with E-state index < -0.39 is 0 Å². The van der Waals surface area contributed by atoms with Gasteiger partial charge in [-0.15, -0.1) is 0 Å². The lowest BCUT2D eigenvalue weighted by Gasteiger charge is -2.45. The second-order valence-electron chi connectivity index (χ2n) is 7.12. The highest BCUT2D eigenvalue weighted by atomic mass is 16.3. The Morgan fingerprint density at radius 3 is 2.41 bits per heavy atom. The van der Waals surface area contributed by atoms with Gasteiger partial charge in [-0.25, -0.2) is 0 Å². The molecule has 0 amide bonds. The molecule has 1 aromatic heterocycles. The van der Waals surface area contributed by atoms with Crippen LogP contribution in [0.1, 0.15) is 52.5 Å². The highest BCUT2D eigenvalue weighted by Gasteiger charge is 2.38. The van der Waals surface area contributed by atoms with Crippen molar-refractivity contribution in [2.75, 3.05) is 0 Å². The molecule has 0 bridgehead atoms. The molecule has 1 aromatic rings. The fourth-order valence-corrected chi connectivity index (χ4v) is 3.65. The largest absolute Gasteiger partial charge is 0.472 e. The minimum absolute atomic E-state index is 0.454. The average Bonchev–Trinajstić information content (AvgIpc) is 2.61. The van der Waals surface area contributed by atoms with E-state index in [1.165, 1.54) is 24.8 Å². The second-order valence-corrected chi connectivity index (χ2v) is 7.12. The molecule has 1 saturated carbocycles. The van der Waals surface area contributed by atoms with Crippen LogP contribution in [0.25, 0.3) is 0 Å². The van der Waals surface area contributed by atoms with Crippen LogP contribution in [-0.4, -0.2) is 6.04 Å². The van der Waals surface area contributed by atoms with Gasteiger partial charge in [-0.05, 0) is 36.2 Å². The highest BCUT2D eigenvalue weighted by molar-refractivity contribution is 5.05. The van der Waals surface area contributed by atoms with E-state index in [-0.39, 0.29) is 0 Å². The quantitative estimate of drug-likeness (QED) is 0.857. The maximum atomic E-state index is 5.10. The summed E-state index contributed by atoms with van der Waals surface area (Å²) in [5.41, 5.74) is 2.15. The predicted octanol–water partition coefficient (Wildman–Crippen LogP) is 3.97. The molecular weight excluding hydrogens is 210 g/mol. The summed E-state index contributed by atoms with van der Waals surface area (Å²) < 4.78 is 5.10. The fraction of sp³-hybridized carbons (Fsp3) is 0.733. The van der Waals surface area contributed by atoms with Crippen LogP contribution in [0.15, 0.2) is 23.0 Å². The Balaban J connectivity index is 1.92. The molecule has 0 spiro atoms. The molecule has 1 heterocycles. The van der Waals surface area contributed by atoms with Crippen molar-refractivity contribution in [3.63, 3.8) is 0 Å². The smallest absolute Gasteiger partial charge is 0.0947 e. The Morgan fingerprint density at radius 1 is 1.24 bits per heavy atom. The summed E-state index contributed by atoms with van der Waals surface area (Å²) in [6, 6.07) is 2.66. The molecule has 2 rings (SSSR count). The van der Waals surface area contributed by atoms with Crippen LogP contribution in [0.2, 0.25) is 0 Å². The molecular formula is C15H25NO. The third-order valence-corrected chi connectivity index (χ3v) is 3.73. The first-order valence-electron chi connectivity index (χ1n) is 6.61. The van der Waals surface area contributed by atoms with Gasteiger partial charge in [0.2, 0.25) is 0 Å². The molecule has 96 valence electrons. The zero-order valence-corrected chi connectivity index (χ0v) is 11.5. The number of nitrogens with one attached hydrogen (secondary N) is 1. The normalized spacial score (nSPS) is 23.8. The molecule has 1 aliphatic carbocycles. The predicted molar refractivity (Wildman–Crippen MR) is 70.7 cm³/mol. The summed E-state index contributed by atoms with van der Waals surface area (Å²) in [5.74, 6) is 0. The highest BCUT2D eigenvalue weighted by Crippen LogP contribution is 2.45. The van der Waals surface area contributed by atoms with Crippen LogP contribution in [0.4, 0.5) is 0 Å². The Labute approximate surface area is 105 Å². The van der Waals surface area contributed by atoms with Gasteiger partial charge in [0.05, 0.1) is 12.5 Å². The topological polar surface area (TPSA) is 25.2 Å². The molecule has 17 heavy (non-hydrogen) atoms. The van der Waals surface area contributed by atoms with E-state index in [9.17, 15) is 0 Å². The lowest BCUT2D eigenvalue weighted by molar-refractivity contribution is 0.0845. The van der Waals surface area contributed by atoms with Gasteiger partial charge in [-0.3, -0.25) is 0 Å². The molecule has 0 atom stereocenters. The Bertz CT molecular complexity index is 335. The van der Waals surface area contributed by atoms with Crippen molar-refractivity contribution in [2.45, 2.75) is 59.5 Å². The number of furan rings is 1. The monoisotopic (exact) mass is 235 g/mol. The van der Waals surface area contributed by atoms with Gasteiger partial charge in [-0.1, -0.05) is 27.7 Å². The van der Waals surface area contributed by atoms with Gasteiger partial charge < -0.3 is 9.73 Å². The van der Waals surface area contributed by atoms with Gasteiger partial charge in [0.15, 0.2) is 0 Å². The summed E-state index contributed by atoms with van der Waals surface area (Å²) in [6.07, 6.45) is 7.43. The summed E-state index contributed by atoms with van der Waals surface area (Å²) in [5, 5.41) is 3.68. The van der Waals surface area contributed by atoms with Crippen LogP contribution in [0, 0.1) is 10.8 Å². The lowest BCUT2D eigenvalue weighted by Crippen LogP contribution is -2.43. The Hall–Kier alpha value is -0.760. The SMILES string of the molecule is CC1(C)CC(NCc2ccoc2)CC(C)(C)C1. The van der Waals surface area contributed by atoms with E-state index in [2.05, 4.69) is 33.0 Å². The standard InChI is InChI=1S/C15H25NO/c1-14(2)7-13(8-15(3,4)11-14)16-9-12-5-6-17-10-12/h5-6,10,13,16H,7-9,11H2,1-4H3. The molecule has 0 radical (unpaired) electrons. The molecule has 2 heteroatoms. The third kappa shape index (κ3) is 3.60. The molecule has 0 saturated heterocycles. The van der Waals surface area contributed by atoms with Crippen LogP contribution in [0.5, 0.6) is 0 Å². The first kappa shape index (κ1) is 12.7. The van der Waals surface area contributed by atoms with Gasteiger partial charge in [0.25, 0.3) is 0 Å². The van der Waals surface area contributed by atoms with Crippen molar-refractivity contribution < 1.29 is 4.42 Å². The van der Waals surface area contributed by atoms with E-state index >= 15 is 0 Å². The molecule has 0 unspecified atom stereocenters. The third-order valence-electron chi connectivity index (χ3n) is 3.73. The molecule has 1 fully saturated rings. The van der Waals surface area contributed by atoms with Gasteiger partial charge in [0.1, 0.15) is 0 Å². The first-order valence-corrected chi connectivity index (χ1v) is 6.61. The maximum absolute atomic E-state index is 5.10. The van der Waals surface area contributed by atoms with Crippen molar-refractivity contribution >= 4 is 0 Å². The zero-order valence-electron chi connectivity index (χ0n) is 11.5. The zero-order chi connectivity index (χ0) is 12.5. The van der Waals surface area contributed by atoms with Gasteiger partial charge in [-0.2, -0.15) is 0 Å². The molecule has 0 aromatic carbocycles. The number of hydrogen-bond donors (Lipinski definition) is 1. The molecule has 2 nitrogen and oxygen atoms in total. The van der Waals surface area contributed by atoms with Crippen molar-refractivity contribution in [1.82, 2.24) is 5.32 Å². The second kappa shape index (κ2) is 4.49. The van der Waals surface area contributed by atoms with Crippen LogP contribution in [0.3, 0.4) is 0 Å². The van der Waals surface area contributed by atoms with Crippen LogP contribution < -0.4 is 5.32 Å². The maximum Gasteiger partial charge on any atom is 0.0947 e. The van der Waals surface area contributed by atoms with E-state index in [0.29, 0.717) is 16.9 Å². The van der Waals surface area contributed by atoms with Crippen LogP contribution in [-0.2, 0) is 6.54 Å². The number of rotatable bonds is 3. The summed E-state index contributed by atoms with van der Waals surface area (Å²) in [4.78, 5) is 0. The van der Waals surface area contributed by atoms with Crippen LogP contribution >= 0.6 is 0 Å². The summed E-state index contributed by atoms with van der Waals surface area (Å²) in [6.45, 7) is 10.5. The molecule has 1 N–H and O–H groups in total. The summed E-state index contributed by atoms with van der Waals surface area (Å²) >= 11 is 0. The van der Waals surface area contributed by atoms with E-state index in [4.69, 9.17) is 4.42 Å². The number of hydrogen-bond acceptors (Lipinski definition) is 2. The minimum Gasteiger partial charge on any atom is -0.472 e. The summed E-state index contributed by atoms with van der Waals surface area (Å²) in [7, 11) is 0. The van der Waals surface area contributed by atoms with Crippen molar-refractivity contribution in [3.05, 3.63) is 24.2 Å². The Morgan fingerprint density at radius 2 is 1.88 bits per heavy atom. The minimum atomic E-state index is 0.454. The first-order chi connectivity index (χ1) is 7.86. The van der Waals surface area contributed by atoms with E-state index in [1.807, 2.05) is 12.3 Å². The van der Waals surface area contributed by atoms with Gasteiger partial charge in [0, 0.05) is 18.2 Å². The van der Waals surface area contributed by atoms with Gasteiger partial charge >= 0.3 is 0 Å². The molecule has 1 aliphatic rings. The average molecular weight is 235 g/mol. The lowest BCUT2D eigenvalue weighted by atomic mass is 9.63. The van der Waals surface area contributed by atoms with E-state index in [0.717, 1.165) is 6.54 Å². The van der Waals surface area contributed by atoms with Crippen molar-refractivity contribution in [3.8, 4) is 0 Å². The van der Waals surface area contributed by atoms with Crippen molar-refractivity contribution in [2.24, 2.45) is 10.8 Å². The van der Waals surface area contributed by atoms with E-state index in [1.54, 1.807) is 6.26 Å².